The Morgan fingerprint density at radius 1 is 1.00 bits per heavy atom. The molecule has 0 bridgehead atoms. The quantitative estimate of drug-likeness (QED) is 0.397. The van der Waals surface area contributed by atoms with Crippen molar-refractivity contribution in [2.75, 3.05) is 11.6 Å². The molecule has 0 atom stereocenters. The predicted octanol–water partition coefficient (Wildman–Crippen LogP) is 1.32. The molecular formula is C16H17N3O3S. The van der Waals surface area contributed by atoms with Gasteiger partial charge in [0.25, 0.3) is 5.82 Å². The van der Waals surface area contributed by atoms with Crippen molar-refractivity contribution in [3.05, 3.63) is 66.4 Å². The fraction of sp³-hybridized carbons (Fsp3) is 0.0625. The topological polar surface area (TPSA) is 113 Å². The number of benzene rings is 2. The monoisotopic (exact) mass is 331 g/mol. The largest absolute Gasteiger partial charge is 0.744 e. The van der Waals surface area contributed by atoms with Gasteiger partial charge in [-0.25, -0.2) is 8.42 Å². The number of nitrogens with two attached hydrogens (primary N) is 2. The summed E-state index contributed by atoms with van der Waals surface area (Å²) in [4.78, 5) is -0.178. The van der Waals surface area contributed by atoms with Crippen molar-refractivity contribution >= 4 is 26.7 Å². The number of nitrogen functional groups attached to an aromatic ring is 2. The zero-order chi connectivity index (χ0) is 17.0. The summed E-state index contributed by atoms with van der Waals surface area (Å²) in [6.45, 7) is 1.82. The van der Waals surface area contributed by atoms with Crippen molar-refractivity contribution in [1.29, 1.82) is 0 Å². The lowest BCUT2D eigenvalue weighted by molar-refractivity contribution is -0.622. The number of fused-ring (bicyclic) bond motifs is 1. The van der Waals surface area contributed by atoms with E-state index in [0.717, 1.165) is 16.3 Å². The van der Waals surface area contributed by atoms with Crippen LogP contribution in [0.15, 0.2) is 65.7 Å². The number of aromatic nitrogens is 1. The fourth-order valence-corrected chi connectivity index (χ4v) is 2.39. The van der Waals surface area contributed by atoms with Gasteiger partial charge in [0.15, 0.2) is 0 Å². The first-order chi connectivity index (χ1) is 10.8. The Bertz CT molecular complexity index is 882. The highest BCUT2D eigenvalue weighted by Crippen LogP contribution is 2.12. The lowest BCUT2D eigenvalue weighted by atomic mass is 10.2. The van der Waals surface area contributed by atoms with Crippen molar-refractivity contribution in [2.45, 2.75) is 11.8 Å². The molecule has 6 nitrogen and oxygen atoms in total. The first kappa shape index (κ1) is 16.7. The molecule has 3 aromatic rings. The zero-order valence-corrected chi connectivity index (χ0v) is 13.3. The Morgan fingerprint density at radius 2 is 1.57 bits per heavy atom. The van der Waals surface area contributed by atoms with E-state index < -0.39 is 10.1 Å². The van der Waals surface area contributed by atoms with Gasteiger partial charge in [-0.15, -0.1) is 4.68 Å². The molecule has 2 aromatic carbocycles. The number of rotatable bonds is 1. The minimum absolute atomic E-state index is 0.178. The van der Waals surface area contributed by atoms with Crippen LogP contribution in [0.1, 0.15) is 5.56 Å². The molecule has 0 unspecified atom stereocenters. The van der Waals surface area contributed by atoms with Gasteiger partial charge in [0.2, 0.25) is 0 Å². The van der Waals surface area contributed by atoms with E-state index in [1.54, 1.807) is 12.1 Å². The highest BCUT2D eigenvalue weighted by atomic mass is 32.2. The van der Waals surface area contributed by atoms with E-state index in [0.29, 0.717) is 5.82 Å². The summed E-state index contributed by atoms with van der Waals surface area (Å²) in [5.41, 5.74) is 6.55. The van der Waals surface area contributed by atoms with Gasteiger partial charge < -0.3 is 4.55 Å². The predicted molar refractivity (Wildman–Crippen MR) is 87.8 cm³/mol. The van der Waals surface area contributed by atoms with E-state index in [1.807, 2.05) is 43.5 Å². The van der Waals surface area contributed by atoms with Crippen LogP contribution < -0.4 is 16.3 Å². The van der Waals surface area contributed by atoms with Gasteiger partial charge in [-0.2, -0.15) is 0 Å². The lowest BCUT2D eigenvalue weighted by Crippen LogP contribution is -2.46. The maximum Gasteiger partial charge on any atom is 0.296 e. The van der Waals surface area contributed by atoms with Gasteiger partial charge in [0.1, 0.15) is 16.3 Å². The van der Waals surface area contributed by atoms with Gasteiger partial charge in [-0.05, 0) is 24.4 Å². The normalized spacial score (nSPS) is 10.9. The van der Waals surface area contributed by atoms with E-state index in [4.69, 9.17) is 11.6 Å². The first-order valence-corrected chi connectivity index (χ1v) is 8.16. The number of nitrogens with zero attached hydrogens (tertiary/aromatic N) is 1. The molecule has 7 heteroatoms. The number of pyridine rings is 1. The van der Waals surface area contributed by atoms with Gasteiger partial charge in [0.05, 0.1) is 4.90 Å². The van der Waals surface area contributed by atoms with Crippen LogP contribution in [0.3, 0.4) is 0 Å². The Hall–Kier alpha value is -2.64. The van der Waals surface area contributed by atoms with E-state index in [2.05, 4.69) is 0 Å². The SMILES string of the molecule is Cc1ccc(S(=O)(=O)[O-])cc1.Nc1cc2ccccc2c[n+]1N. The number of hydrogen-bond donors (Lipinski definition) is 2. The summed E-state index contributed by atoms with van der Waals surface area (Å²) < 4.78 is 32.6. The molecule has 3 rings (SSSR count). The third-order valence-electron chi connectivity index (χ3n) is 3.19. The molecule has 0 aliphatic carbocycles. The van der Waals surface area contributed by atoms with Crippen LogP contribution in [0.2, 0.25) is 0 Å². The van der Waals surface area contributed by atoms with Gasteiger partial charge in [-0.3, -0.25) is 11.6 Å². The minimum Gasteiger partial charge on any atom is -0.744 e. The van der Waals surface area contributed by atoms with Crippen LogP contribution >= 0.6 is 0 Å². The summed E-state index contributed by atoms with van der Waals surface area (Å²) in [7, 11) is -4.27. The lowest BCUT2D eigenvalue weighted by Gasteiger charge is -2.05. The Kier molecular flexibility index (Phi) is 4.83. The van der Waals surface area contributed by atoms with Crippen LogP contribution in [-0.4, -0.2) is 13.0 Å². The summed E-state index contributed by atoms with van der Waals surface area (Å²) in [6.07, 6.45) is 1.81. The summed E-state index contributed by atoms with van der Waals surface area (Å²) >= 11 is 0. The van der Waals surface area contributed by atoms with Crippen LogP contribution in [0.5, 0.6) is 0 Å². The van der Waals surface area contributed by atoms with Crippen LogP contribution in [0.25, 0.3) is 10.8 Å². The molecule has 1 heterocycles. The molecular weight excluding hydrogens is 314 g/mol. The Labute approximate surface area is 134 Å². The third-order valence-corrected chi connectivity index (χ3v) is 4.03. The second kappa shape index (κ2) is 6.64. The molecule has 0 fully saturated rings. The maximum atomic E-state index is 10.4. The number of hydrogen-bond acceptors (Lipinski definition) is 5. The molecule has 0 amide bonds. The molecule has 0 spiro atoms. The summed E-state index contributed by atoms with van der Waals surface area (Å²) in [6, 6.07) is 15.6. The first-order valence-electron chi connectivity index (χ1n) is 6.75. The average Bonchev–Trinajstić information content (AvgIpc) is 2.48. The summed E-state index contributed by atoms with van der Waals surface area (Å²) in [5, 5.41) is 2.20. The second-order valence-electron chi connectivity index (χ2n) is 5.00. The highest BCUT2D eigenvalue weighted by molar-refractivity contribution is 7.85. The maximum absolute atomic E-state index is 10.4. The van der Waals surface area contributed by atoms with Crippen LogP contribution in [0.4, 0.5) is 5.82 Å². The van der Waals surface area contributed by atoms with Gasteiger partial charge in [-0.1, -0.05) is 42.0 Å². The van der Waals surface area contributed by atoms with Crippen molar-refractivity contribution in [2.24, 2.45) is 0 Å². The molecule has 23 heavy (non-hydrogen) atoms. The molecule has 0 saturated heterocycles. The van der Waals surface area contributed by atoms with Crippen molar-refractivity contribution in [3.63, 3.8) is 0 Å². The molecule has 0 aliphatic heterocycles. The second-order valence-corrected chi connectivity index (χ2v) is 6.38. The van der Waals surface area contributed by atoms with Gasteiger partial charge >= 0.3 is 0 Å². The molecule has 4 N–H and O–H groups in total. The molecule has 120 valence electrons. The molecule has 0 radical (unpaired) electrons. The van der Waals surface area contributed by atoms with Crippen molar-refractivity contribution in [1.82, 2.24) is 0 Å². The Morgan fingerprint density at radius 3 is 2.13 bits per heavy atom. The average molecular weight is 331 g/mol. The Balaban J connectivity index is 0.000000168. The van der Waals surface area contributed by atoms with E-state index in [-0.39, 0.29) is 4.90 Å². The number of aryl methyl sites for hydroxylation is 1. The molecule has 0 saturated carbocycles. The number of anilines is 1. The van der Waals surface area contributed by atoms with Crippen molar-refractivity contribution < 1.29 is 17.6 Å². The standard InChI is InChI=1S/C9H9N3.C7H8O3S/c10-9-5-7-3-1-2-4-8(7)6-12(9)11;1-6-2-4-7(5-3-6)11(8,9)10/h1-6,10H,11H2;2-5H,1H3,(H,8,9,10). The van der Waals surface area contributed by atoms with Gasteiger partial charge in [0, 0.05) is 11.5 Å². The van der Waals surface area contributed by atoms with Crippen LogP contribution in [0, 0.1) is 6.92 Å². The molecule has 1 aromatic heterocycles. The van der Waals surface area contributed by atoms with E-state index in [9.17, 15) is 13.0 Å². The minimum atomic E-state index is -4.27. The summed E-state index contributed by atoms with van der Waals surface area (Å²) in [5.74, 6) is 6.14. The third kappa shape index (κ3) is 4.41. The smallest absolute Gasteiger partial charge is 0.296 e. The highest BCUT2D eigenvalue weighted by Gasteiger charge is 2.01. The zero-order valence-electron chi connectivity index (χ0n) is 12.5. The van der Waals surface area contributed by atoms with E-state index >= 15 is 0 Å². The van der Waals surface area contributed by atoms with Crippen LogP contribution in [-0.2, 0) is 10.1 Å². The fourth-order valence-electron chi connectivity index (χ4n) is 1.92. The molecule has 0 aliphatic rings. The van der Waals surface area contributed by atoms with E-state index in [1.165, 1.54) is 16.8 Å². The van der Waals surface area contributed by atoms with Crippen molar-refractivity contribution in [3.8, 4) is 0 Å².